The van der Waals surface area contributed by atoms with Gasteiger partial charge in [0.05, 0.1) is 13.2 Å². The summed E-state index contributed by atoms with van der Waals surface area (Å²) in [7, 11) is 0. The number of ether oxygens (including phenoxy) is 1. The van der Waals surface area contributed by atoms with E-state index < -0.39 is 5.97 Å². The molecule has 0 radical (unpaired) electrons. The van der Waals surface area contributed by atoms with Gasteiger partial charge in [0.2, 0.25) is 0 Å². The number of anilines is 1. The van der Waals surface area contributed by atoms with Crippen molar-refractivity contribution in [3.8, 4) is 0 Å². The Bertz CT molecular complexity index is 387. The second-order valence-electron chi connectivity index (χ2n) is 4.08. The number of carboxylic acids is 1. The molecule has 0 aliphatic carbocycles. The van der Waals surface area contributed by atoms with Crippen molar-refractivity contribution in [1.29, 1.82) is 0 Å². The summed E-state index contributed by atoms with van der Waals surface area (Å²) in [5.41, 5.74) is -0.0781. The average Bonchev–Trinajstić information content (AvgIpc) is 2.85. The molecule has 1 fully saturated rings. The van der Waals surface area contributed by atoms with Crippen molar-refractivity contribution in [3.63, 3.8) is 0 Å². The maximum Gasteiger partial charge on any atom is 0.357 e. The summed E-state index contributed by atoms with van der Waals surface area (Å²) in [6, 6.07) is 0.259. The number of aromatic nitrogens is 1. The smallest absolute Gasteiger partial charge is 0.357 e. The number of hydrogen-bond donors (Lipinski definition) is 2. The first-order chi connectivity index (χ1) is 8.75. The number of carbonyl (C=O) groups is 1. The monoisotopic (exact) mass is 255 g/mol. The SMILES string of the molecule is O=C(O)c1coc(NCCCN2CCOCC2)n1. The molecule has 0 bridgehead atoms. The molecule has 2 rings (SSSR count). The van der Waals surface area contributed by atoms with Crippen LogP contribution in [-0.2, 0) is 4.74 Å². The molecule has 1 aliphatic heterocycles. The van der Waals surface area contributed by atoms with Crippen LogP contribution in [0.25, 0.3) is 0 Å². The number of nitrogens with zero attached hydrogens (tertiary/aromatic N) is 2. The fourth-order valence-electron chi connectivity index (χ4n) is 1.78. The van der Waals surface area contributed by atoms with Gasteiger partial charge in [0.15, 0.2) is 5.69 Å². The summed E-state index contributed by atoms with van der Waals surface area (Å²) in [5.74, 6) is -1.08. The van der Waals surface area contributed by atoms with E-state index in [-0.39, 0.29) is 11.7 Å². The summed E-state index contributed by atoms with van der Waals surface area (Å²) in [4.78, 5) is 16.7. The normalized spacial score (nSPS) is 16.7. The zero-order valence-corrected chi connectivity index (χ0v) is 10.1. The number of aromatic carboxylic acids is 1. The molecule has 2 heterocycles. The van der Waals surface area contributed by atoms with Gasteiger partial charge in [0.25, 0.3) is 6.01 Å². The molecule has 0 spiro atoms. The van der Waals surface area contributed by atoms with Crippen LogP contribution in [0, 0.1) is 0 Å². The van der Waals surface area contributed by atoms with Gasteiger partial charge in [-0.1, -0.05) is 0 Å². The topological polar surface area (TPSA) is 87.8 Å². The summed E-state index contributed by atoms with van der Waals surface area (Å²) < 4.78 is 10.2. The number of oxazole rings is 1. The zero-order valence-electron chi connectivity index (χ0n) is 10.1. The molecule has 100 valence electrons. The Labute approximate surface area is 105 Å². The third-order valence-corrected chi connectivity index (χ3v) is 2.75. The largest absolute Gasteiger partial charge is 0.476 e. The van der Waals surface area contributed by atoms with Gasteiger partial charge in [-0.3, -0.25) is 4.90 Å². The van der Waals surface area contributed by atoms with Crippen molar-refractivity contribution in [1.82, 2.24) is 9.88 Å². The molecule has 7 nitrogen and oxygen atoms in total. The van der Waals surface area contributed by atoms with Crippen molar-refractivity contribution in [3.05, 3.63) is 12.0 Å². The van der Waals surface area contributed by atoms with Gasteiger partial charge in [-0.2, -0.15) is 4.98 Å². The van der Waals surface area contributed by atoms with E-state index in [9.17, 15) is 4.79 Å². The van der Waals surface area contributed by atoms with E-state index in [4.69, 9.17) is 14.3 Å². The van der Waals surface area contributed by atoms with Gasteiger partial charge in [-0.15, -0.1) is 0 Å². The minimum absolute atomic E-state index is 0.0781. The Hall–Kier alpha value is -1.60. The molecule has 0 unspecified atom stereocenters. The van der Waals surface area contributed by atoms with Crippen LogP contribution < -0.4 is 5.32 Å². The fourth-order valence-corrected chi connectivity index (χ4v) is 1.78. The molecule has 18 heavy (non-hydrogen) atoms. The number of morpholine rings is 1. The molecule has 1 aromatic rings. The Balaban J connectivity index is 1.63. The maximum atomic E-state index is 10.6. The summed E-state index contributed by atoms with van der Waals surface area (Å²) in [6.45, 7) is 5.24. The van der Waals surface area contributed by atoms with Crippen LogP contribution in [0.5, 0.6) is 0 Å². The second-order valence-corrected chi connectivity index (χ2v) is 4.08. The van der Waals surface area contributed by atoms with Crippen molar-refractivity contribution in [2.45, 2.75) is 6.42 Å². The minimum atomic E-state index is -1.08. The third kappa shape index (κ3) is 3.71. The van der Waals surface area contributed by atoms with Crippen molar-refractivity contribution >= 4 is 12.0 Å². The highest BCUT2D eigenvalue weighted by atomic mass is 16.5. The Morgan fingerprint density at radius 2 is 2.28 bits per heavy atom. The summed E-state index contributed by atoms with van der Waals surface area (Å²) in [5, 5.41) is 11.6. The summed E-state index contributed by atoms with van der Waals surface area (Å²) >= 11 is 0. The minimum Gasteiger partial charge on any atom is -0.476 e. The van der Waals surface area contributed by atoms with E-state index in [1.54, 1.807) is 0 Å². The van der Waals surface area contributed by atoms with Crippen molar-refractivity contribution in [2.75, 3.05) is 44.7 Å². The van der Waals surface area contributed by atoms with Crippen LogP contribution in [0.1, 0.15) is 16.9 Å². The van der Waals surface area contributed by atoms with E-state index in [2.05, 4.69) is 15.2 Å². The Morgan fingerprint density at radius 1 is 1.50 bits per heavy atom. The molecular formula is C11H17N3O4. The van der Waals surface area contributed by atoms with Crippen LogP contribution >= 0.6 is 0 Å². The van der Waals surface area contributed by atoms with E-state index in [0.29, 0.717) is 6.54 Å². The van der Waals surface area contributed by atoms with E-state index in [1.807, 2.05) is 0 Å². The lowest BCUT2D eigenvalue weighted by atomic mass is 10.3. The number of rotatable bonds is 6. The first kappa shape index (κ1) is 12.8. The van der Waals surface area contributed by atoms with Gasteiger partial charge in [0, 0.05) is 19.6 Å². The molecular weight excluding hydrogens is 238 g/mol. The molecule has 0 saturated carbocycles. The van der Waals surface area contributed by atoms with Crippen LogP contribution in [0.4, 0.5) is 6.01 Å². The average molecular weight is 255 g/mol. The van der Waals surface area contributed by atoms with E-state index in [1.165, 1.54) is 0 Å². The third-order valence-electron chi connectivity index (χ3n) is 2.75. The lowest BCUT2D eigenvalue weighted by Crippen LogP contribution is -2.37. The van der Waals surface area contributed by atoms with Crippen LogP contribution in [0.15, 0.2) is 10.7 Å². The van der Waals surface area contributed by atoms with Gasteiger partial charge in [-0.25, -0.2) is 4.79 Å². The molecule has 0 atom stereocenters. The second kappa shape index (κ2) is 6.36. The summed E-state index contributed by atoms with van der Waals surface area (Å²) in [6.07, 6.45) is 2.08. The molecule has 7 heteroatoms. The predicted molar refractivity (Wildman–Crippen MR) is 63.8 cm³/mol. The van der Waals surface area contributed by atoms with Gasteiger partial charge in [-0.05, 0) is 13.0 Å². The highest BCUT2D eigenvalue weighted by Gasteiger charge is 2.11. The van der Waals surface area contributed by atoms with Crippen molar-refractivity contribution in [2.24, 2.45) is 0 Å². The Kier molecular flexibility index (Phi) is 4.54. The maximum absolute atomic E-state index is 10.6. The number of hydrogen-bond acceptors (Lipinski definition) is 6. The molecule has 1 aromatic heterocycles. The molecule has 2 N–H and O–H groups in total. The number of carboxylic acid groups (broad SMARTS) is 1. The van der Waals surface area contributed by atoms with E-state index in [0.717, 1.165) is 45.5 Å². The molecule has 0 aromatic carbocycles. The molecule has 0 amide bonds. The molecule has 1 aliphatic rings. The lowest BCUT2D eigenvalue weighted by molar-refractivity contribution is 0.0378. The van der Waals surface area contributed by atoms with Gasteiger partial charge < -0.3 is 19.6 Å². The fraction of sp³-hybridized carbons (Fsp3) is 0.636. The highest BCUT2D eigenvalue weighted by Crippen LogP contribution is 2.07. The number of nitrogens with one attached hydrogen (secondary N) is 1. The first-order valence-corrected chi connectivity index (χ1v) is 5.98. The first-order valence-electron chi connectivity index (χ1n) is 5.98. The van der Waals surface area contributed by atoms with Crippen LogP contribution in [0.2, 0.25) is 0 Å². The van der Waals surface area contributed by atoms with Gasteiger partial charge >= 0.3 is 5.97 Å². The van der Waals surface area contributed by atoms with E-state index >= 15 is 0 Å². The Morgan fingerprint density at radius 3 is 2.94 bits per heavy atom. The zero-order chi connectivity index (χ0) is 12.8. The highest BCUT2D eigenvalue weighted by molar-refractivity contribution is 5.85. The van der Waals surface area contributed by atoms with Crippen LogP contribution in [0.3, 0.4) is 0 Å². The van der Waals surface area contributed by atoms with Crippen LogP contribution in [-0.4, -0.2) is 60.4 Å². The standard InChI is InChI=1S/C11H17N3O4/c15-10(16)9-8-18-11(13-9)12-2-1-3-14-4-6-17-7-5-14/h8H,1-7H2,(H,12,13)(H,15,16). The lowest BCUT2D eigenvalue weighted by Gasteiger charge is -2.26. The van der Waals surface area contributed by atoms with Crippen molar-refractivity contribution < 1.29 is 19.1 Å². The van der Waals surface area contributed by atoms with Gasteiger partial charge in [0.1, 0.15) is 6.26 Å². The predicted octanol–water partition coefficient (Wildman–Crippen LogP) is 0.507. The quantitative estimate of drug-likeness (QED) is 0.716. The molecule has 1 saturated heterocycles.